The molecule has 1 aromatic rings. The van der Waals surface area contributed by atoms with Crippen LogP contribution < -0.4 is 0 Å². The van der Waals surface area contributed by atoms with Crippen LogP contribution in [-0.2, 0) is 11.5 Å². The maximum absolute atomic E-state index is 5.13. The van der Waals surface area contributed by atoms with E-state index in [1.807, 2.05) is 13.2 Å². The van der Waals surface area contributed by atoms with Crippen LogP contribution in [0, 0.1) is 0 Å². The molecule has 0 saturated carbocycles. The zero-order chi connectivity index (χ0) is 8.10. The minimum Gasteiger partial charge on any atom is -0.359 e. The van der Waals surface area contributed by atoms with Gasteiger partial charge in [0, 0.05) is 6.61 Å². The first-order chi connectivity index (χ1) is 5.36. The van der Waals surface area contributed by atoms with Crippen molar-refractivity contribution in [3.8, 4) is 0 Å². The molecule has 0 aliphatic rings. The van der Waals surface area contributed by atoms with Crippen LogP contribution in [0.4, 0.5) is 0 Å². The molecule has 5 heteroatoms. The second-order valence-corrected chi connectivity index (χ2v) is 2.67. The van der Waals surface area contributed by atoms with E-state index in [9.17, 15) is 0 Å². The molecule has 0 radical (unpaired) electrons. The summed E-state index contributed by atoms with van der Waals surface area (Å²) < 4.78 is 6.80. The second-order valence-electron chi connectivity index (χ2n) is 1.89. The molecule has 0 saturated heterocycles. The number of aromatic nitrogens is 3. The first kappa shape index (κ1) is 8.55. The summed E-state index contributed by atoms with van der Waals surface area (Å²) in [7, 11) is 0. The third-order valence-electron chi connectivity index (χ3n) is 1.13. The Morgan fingerprint density at radius 1 is 1.73 bits per heavy atom. The number of hydrogen-bond acceptors (Lipinski definition) is 4. The van der Waals surface area contributed by atoms with Crippen molar-refractivity contribution in [1.29, 1.82) is 0 Å². The van der Waals surface area contributed by atoms with Crippen molar-refractivity contribution >= 4 is 11.8 Å². The summed E-state index contributed by atoms with van der Waals surface area (Å²) in [6.45, 7) is 3.14. The maximum atomic E-state index is 5.13. The molecule has 0 N–H and O–H groups in total. The highest BCUT2D eigenvalue weighted by Crippen LogP contribution is 2.05. The minimum absolute atomic E-state index is 0.490. The van der Waals surface area contributed by atoms with E-state index in [1.165, 1.54) is 11.8 Å². The zero-order valence-electron chi connectivity index (χ0n) is 6.65. The van der Waals surface area contributed by atoms with Gasteiger partial charge >= 0.3 is 0 Å². The van der Waals surface area contributed by atoms with Gasteiger partial charge in [0.2, 0.25) is 5.16 Å². The molecule has 62 valence electrons. The summed E-state index contributed by atoms with van der Waals surface area (Å²) in [5.41, 5.74) is 0. The smallest absolute Gasteiger partial charge is 0.208 e. The number of rotatable bonds is 4. The molecule has 0 unspecified atom stereocenters. The molecule has 0 spiro atoms. The van der Waals surface area contributed by atoms with Gasteiger partial charge in [-0.05, 0) is 13.2 Å². The van der Waals surface area contributed by atoms with Crippen LogP contribution in [0.3, 0.4) is 0 Å². The van der Waals surface area contributed by atoms with Crippen molar-refractivity contribution in [2.45, 2.75) is 18.8 Å². The van der Waals surface area contributed by atoms with E-state index in [-0.39, 0.29) is 0 Å². The minimum atomic E-state index is 0.490. The van der Waals surface area contributed by atoms with Crippen LogP contribution in [0.15, 0.2) is 11.5 Å². The molecular weight excluding hydrogens is 162 g/mol. The summed E-state index contributed by atoms with van der Waals surface area (Å²) in [5.74, 6) is 0. The molecule has 1 heterocycles. The molecule has 0 aliphatic heterocycles. The fraction of sp³-hybridized carbons (Fsp3) is 0.667. The van der Waals surface area contributed by atoms with E-state index in [1.54, 1.807) is 11.0 Å². The molecule has 0 amide bonds. The van der Waals surface area contributed by atoms with Gasteiger partial charge < -0.3 is 4.74 Å². The van der Waals surface area contributed by atoms with Crippen LogP contribution in [0.25, 0.3) is 0 Å². The average molecular weight is 173 g/mol. The fourth-order valence-electron chi connectivity index (χ4n) is 0.618. The number of thioether (sulfide) groups is 1. The Bertz CT molecular complexity index is 213. The van der Waals surface area contributed by atoms with Crippen molar-refractivity contribution in [2.24, 2.45) is 0 Å². The average Bonchev–Trinajstić information content (AvgIpc) is 2.48. The summed E-state index contributed by atoms with van der Waals surface area (Å²) in [6, 6.07) is 0. The van der Waals surface area contributed by atoms with Crippen molar-refractivity contribution < 1.29 is 4.74 Å². The normalized spacial score (nSPS) is 10.4. The van der Waals surface area contributed by atoms with Crippen LogP contribution in [-0.4, -0.2) is 27.6 Å². The van der Waals surface area contributed by atoms with Crippen LogP contribution in [0.1, 0.15) is 6.92 Å². The van der Waals surface area contributed by atoms with Crippen LogP contribution >= 0.6 is 11.8 Å². The summed E-state index contributed by atoms with van der Waals surface area (Å²) >= 11 is 1.52. The Hall–Kier alpha value is -0.550. The number of nitrogens with zero attached hydrogens (tertiary/aromatic N) is 3. The first-order valence-corrected chi connectivity index (χ1v) is 4.60. The van der Waals surface area contributed by atoms with E-state index in [2.05, 4.69) is 10.1 Å². The van der Waals surface area contributed by atoms with Crippen molar-refractivity contribution in [3.05, 3.63) is 6.33 Å². The zero-order valence-corrected chi connectivity index (χ0v) is 7.47. The lowest BCUT2D eigenvalue weighted by Gasteiger charge is -1.97. The topological polar surface area (TPSA) is 39.9 Å². The van der Waals surface area contributed by atoms with E-state index in [0.717, 1.165) is 5.16 Å². The summed E-state index contributed by atoms with van der Waals surface area (Å²) in [5, 5.41) is 4.89. The molecule has 0 bridgehead atoms. The predicted octanol–water partition coefficient (Wildman–Crippen LogP) is 0.994. The Labute approximate surface area is 70.0 Å². The Kier molecular flexibility index (Phi) is 3.38. The van der Waals surface area contributed by atoms with Gasteiger partial charge in [0.25, 0.3) is 0 Å². The molecular formula is C6H11N3OS. The van der Waals surface area contributed by atoms with Gasteiger partial charge in [-0.1, -0.05) is 11.8 Å². The molecule has 0 fully saturated rings. The van der Waals surface area contributed by atoms with Gasteiger partial charge in [-0.25, -0.2) is 9.67 Å². The number of hydrogen-bond donors (Lipinski definition) is 0. The Balaban J connectivity index is 2.44. The molecule has 11 heavy (non-hydrogen) atoms. The molecule has 0 atom stereocenters. The quantitative estimate of drug-likeness (QED) is 0.637. The van der Waals surface area contributed by atoms with Gasteiger partial charge in [-0.2, -0.15) is 0 Å². The van der Waals surface area contributed by atoms with Gasteiger partial charge in [-0.3, -0.25) is 0 Å². The molecule has 4 nitrogen and oxygen atoms in total. The lowest BCUT2D eigenvalue weighted by atomic mass is 10.9. The van der Waals surface area contributed by atoms with E-state index in [0.29, 0.717) is 13.3 Å². The van der Waals surface area contributed by atoms with Gasteiger partial charge in [0.05, 0.1) is 0 Å². The van der Waals surface area contributed by atoms with Crippen LogP contribution in [0.2, 0.25) is 0 Å². The summed E-state index contributed by atoms with van der Waals surface area (Å²) in [4.78, 5) is 4.02. The largest absolute Gasteiger partial charge is 0.359 e. The van der Waals surface area contributed by atoms with Crippen molar-refractivity contribution in [2.75, 3.05) is 12.9 Å². The molecule has 1 aromatic heterocycles. The summed E-state index contributed by atoms with van der Waals surface area (Å²) in [6.07, 6.45) is 3.61. The lowest BCUT2D eigenvalue weighted by Crippen LogP contribution is -2.02. The third-order valence-corrected chi connectivity index (χ3v) is 1.68. The molecule has 0 aromatic carbocycles. The molecule has 1 rings (SSSR count). The Morgan fingerprint density at radius 2 is 2.55 bits per heavy atom. The fourth-order valence-corrected chi connectivity index (χ4v) is 0.957. The van der Waals surface area contributed by atoms with Crippen molar-refractivity contribution in [3.63, 3.8) is 0 Å². The monoisotopic (exact) mass is 173 g/mol. The third kappa shape index (κ3) is 2.51. The Morgan fingerprint density at radius 3 is 3.09 bits per heavy atom. The maximum Gasteiger partial charge on any atom is 0.208 e. The van der Waals surface area contributed by atoms with Gasteiger partial charge in [0.15, 0.2) is 0 Å². The van der Waals surface area contributed by atoms with E-state index < -0.39 is 0 Å². The molecule has 0 aliphatic carbocycles. The highest BCUT2D eigenvalue weighted by atomic mass is 32.2. The second kappa shape index (κ2) is 4.35. The SMILES string of the molecule is CCOCn1cnc(SC)n1. The van der Waals surface area contributed by atoms with Gasteiger partial charge in [-0.15, -0.1) is 5.10 Å². The highest BCUT2D eigenvalue weighted by Gasteiger charge is 1.96. The lowest BCUT2D eigenvalue weighted by molar-refractivity contribution is 0.0782. The predicted molar refractivity (Wildman–Crippen MR) is 43.4 cm³/mol. The highest BCUT2D eigenvalue weighted by molar-refractivity contribution is 7.98. The number of ether oxygens (including phenoxy) is 1. The van der Waals surface area contributed by atoms with Crippen LogP contribution in [0.5, 0.6) is 0 Å². The standard InChI is InChI=1S/C6H11N3OS/c1-3-10-5-9-4-7-6(8-9)11-2/h4H,3,5H2,1-2H3. The van der Waals surface area contributed by atoms with E-state index >= 15 is 0 Å². The van der Waals surface area contributed by atoms with E-state index in [4.69, 9.17) is 4.74 Å². The first-order valence-electron chi connectivity index (χ1n) is 3.38. The van der Waals surface area contributed by atoms with Gasteiger partial charge in [0.1, 0.15) is 13.1 Å². The van der Waals surface area contributed by atoms with Crippen molar-refractivity contribution in [1.82, 2.24) is 14.8 Å².